The van der Waals surface area contributed by atoms with Gasteiger partial charge in [0.1, 0.15) is 0 Å². The fourth-order valence-electron chi connectivity index (χ4n) is 3.69. The number of amides is 3. The minimum Gasteiger partial charge on any atom is -0.352 e. The SMILES string of the molecule is NCC(=O)Nc1cc(NC(=O)[C@@H](N)CCc2ccccc2)cc(C(=O)NCCCc2ccccc2)c1. The van der Waals surface area contributed by atoms with Gasteiger partial charge in [0, 0.05) is 23.5 Å². The van der Waals surface area contributed by atoms with E-state index in [1.807, 2.05) is 60.7 Å². The molecule has 0 spiro atoms. The minimum absolute atomic E-state index is 0.206. The Bertz CT molecular complexity index is 1150. The van der Waals surface area contributed by atoms with Gasteiger partial charge in [-0.25, -0.2) is 0 Å². The Labute approximate surface area is 211 Å². The smallest absolute Gasteiger partial charge is 0.251 e. The Kier molecular flexibility index (Phi) is 10.2. The summed E-state index contributed by atoms with van der Waals surface area (Å²) in [6, 6.07) is 23.8. The molecule has 188 valence electrons. The van der Waals surface area contributed by atoms with Crippen LogP contribution in [0.3, 0.4) is 0 Å². The molecule has 1 atom stereocenters. The molecule has 3 amide bonds. The van der Waals surface area contributed by atoms with Gasteiger partial charge in [0.2, 0.25) is 11.8 Å². The summed E-state index contributed by atoms with van der Waals surface area (Å²) in [5.74, 6) is -1.09. The Morgan fingerprint density at radius 3 is 1.97 bits per heavy atom. The van der Waals surface area contributed by atoms with Crippen molar-refractivity contribution in [1.82, 2.24) is 5.32 Å². The summed E-state index contributed by atoms with van der Waals surface area (Å²) in [6.45, 7) is 0.279. The van der Waals surface area contributed by atoms with Crippen molar-refractivity contribution < 1.29 is 14.4 Å². The third-order valence-electron chi connectivity index (χ3n) is 5.63. The van der Waals surface area contributed by atoms with Crippen molar-refractivity contribution in [3.8, 4) is 0 Å². The van der Waals surface area contributed by atoms with Crippen LogP contribution in [0.2, 0.25) is 0 Å². The van der Waals surface area contributed by atoms with Crippen LogP contribution in [-0.2, 0) is 22.4 Å². The number of nitrogens with one attached hydrogen (secondary N) is 3. The molecule has 8 heteroatoms. The van der Waals surface area contributed by atoms with Crippen LogP contribution in [0.25, 0.3) is 0 Å². The Hall–Kier alpha value is -4.01. The normalized spacial score (nSPS) is 11.4. The van der Waals surface area contributed by atoms with Crippen molar-refractivity contribution in [2.45, 2.75) is 31.7 Å². The summed E-state index contributed by atoms with van der Waals surface area (Å²) in [4.78, 5) is 37.3. The number of aryl methyl sites for hydroxylation is 2. The first-order valence-corrected chi connectivity index (χ1v) is 12.0. The maximum atomic E-state index is 12.8. The lowest BCUT2D eigenvalue weighted by atomic mass is 10.1. The third kappa shape index (κ3) is 8.65. The number of nitrogens with two attached hydrogens (primary N) is 2. The fourth-order valence-corrected chi connectivity index (χ4v) is 3.69. The molecule has 3 rings (SSSR count). The highest BCUT2D eigenvalue weighted by molar-refractivity contribution is 6.01. The monoisotopic (exact) mass is 487 g/mol. The van der Waals surface area contributed by atoms with Crippen molar-refractivity contribution >= 4 is 29.1 Å². The van der Waals surface area contributed by atoms with Gasteiger partial charge in [-0.05, 0) is 55.0 Å². The van der Waals surface area contributed by atoms with E-state index < -0.39 is 11.9 Å². The molecule has 7 N–H and O–H groups in total. The van der Waals surface area contributed by atoms with Gasteiger partial charge in [0.25, 0.3) is 5.91 Å². The highest BCUT2D eigenvalue weighted by Crippen LogP contribution is 2.20. The van der Waals surface area contributed by atoms with Crippen LogP contribution < -0.4 is 27.4 Å². The van der Waals surface area contributed by atoms with Crippen LogP contribution in [0, 0.1) is 0 Å². The lowest BCUT2D eigenvalue weighted by Gasteiger charge is -2.15. The van der Waals surface area contributed by atoms with E-state index in [-0.39, 0.29) is 18.4 Å². The Morgan fingerprint density at radius 1 is 0.778 bits per heavy atom. The molecule has 0 heterocycles. The molecule has 0 saturated carbocycles. The fraction of sp³-hybridized carbons (Fsp3) is 0.250. The summed E-state index contributed by atoms with van der Waals surface area (Å²) in [5.41, 5.74) is 14.8. The standard InChI is InChI=1S/C28H33N5O3/c29-19-26(34)32-23-16-22(27(35)31-15-7-12-20-8-3-1-4-9-20)17-24(18-23)33-28(36)25(30)14-13-21-10-5-2-6-11-21/h1-6,8-11,16-18,25H,7,12-15,19,29-30H2,(H,31,35)(H,32,34)(H,33,36)/t25-/m0/s1. The second kappa shape index (κ2) is 13.8. The summed E-state index contributed by atoms with van der Waals surface area (Å²) >= 11 is 0. The van der Waals surface area contributed by atoms with Crippen molar-refractivity contribution in [1.29, 1.82) is 0 Å². The number of carbonyl (C=O) groups excluding carboxylic acids is 3. The van der Waals surface area contributed by atoms with E-state index in [2.05, 4.69) is 16.0 Å². The van der Waals surface area contributed by atoms with Crippen LogP contribution in [0.1, 0.15) is 34.3 Å². The zero-order chi connectivity index (χ0) is 25.8. The number of anilines is 2. The van der Waals surface area contributed by atoms with E-state index in [9.17, 15) is 14.4 Å². The average molecular weight is 488 g/mol. The van der Waals surface area contributed by atoms with Crippen LogP contribution in [0.4, 0.5) is 11.4 Å². The average Bonchev–Trinajstić information content (AvgIpc) is 2.90. The van der Waals surface area contributed by atoms with E-state index in [4.69, 9.17) is 11.5 Å². The molecule has 0 aliphatic rings. The molecular formula is C28H33N5O3. The number of hydrogen-bond acceptors (Lipinski definition) is 5. The van der Waals surface area contributed by atoms with Gasteiger partial charge in [-0.15, -0.1) is 0 Å². The molecule has 3 aromatic rings. The lowest BCUT2D eigenvalue weighted by Crippen LogP contribution is -2.36. The van der Waals surface area contributed by atoms with Gasteiger partial charge in [-0.3, -0.25) is 14.4 Å². The van der Waals surface area contributed by atoms with E-state index in [0.717, 1.165) is 18.4 Å². The predicted octanol–water partition coefficient (Wildman–Crippen LogP) is 2.85. The summed E-state index contributed by atoms with van der Waals surface area (Å²) < 4.78 is 0. The lowest BCUT2D eigenvalue weighted by molar-refractivity contribution is -0.117. The minimum atomic E-state index is -0.734. The second-order valence-electron chi connectivity index (χ2n) is 8.52. The summed E-state index contributed by atoms with van der Waals surface area (Å²) in [5, 5.41) is 8.30. The van der Waals surface area contributed by atoms with Gasteiger partial charge < -0.3 is 27.4 Å². The Balaban J connectivity index is 1.62. The molecule has 8 nitrogen and oxygen atoms in total. The van der Waals surface area contributed by atoms with E-state index in [1.165, 1.54) is 5.56 Å². The molecule has 0 aromatic heterocycles. The van der Waals surface area contributed by atoms with Crippen LogP contribution >= 0.6 is 0 Å². The van der Waals surface area contributed by atoms with Gasteiger partial charge in [0.05, 0.1) is 12.6 Å². The number of carbonyl (C=O) groups is 3. The molecular weight excluding hydrogens is 454 g/mol. The molecule has 0 radical (unpaired) electrons. The van der Waals surface area contributed by atoms with Crippen LogP contribution in [0.15, 0.2) is 78.9 Å². The first-order valence-electron chi connectivity index (χ1n) is 12.0. The van der Waals surface area contributed by atoms with Gasteiger partial charge in [-0.2, -0.15) is 0 Å². The van der Waals surface area contributed by atoms with Crippen LogP contribution in [0.5, 0.6) is 0 Å². The number of rotatable bonds is 12. The highest BCUT2D eigenvalue weighted by Gasteiger charge is 2.16. The Morgan fingerprint density at radius 2 is 1.36 bits per heavy atom. The molecule has 0 aliphatic heterocycles. The van der Waals surface area contributed by atoms with Crippen LogP contribution in [-0.4, -0.2) is 36.9 Å². The maximum absolute atomic E-state index is 12.8. The topological polar surface area (TPSA) is 139 Å². The first-order chi connectivity index (χ1) is 17.4. The van der Waals surface area contributed by atoms with Gasteiger partial charge >= 0.3 is 0 Å². The molecule has 0 saturated heterocycles. The van der Waals surface area contributed by atoms with E-state index in [0.29, 0.717) is 36.3 Å². The van der Waals surface area contributed by atoms with Crippen molar-refractivity contribution in [2.24, 2.45) is 11.5 Å². The van der Waals surface area contributed by atoms with Crippen molar-refractivity contribution in [3.05, 3.63) is 95.6 Å². The second-order valence-corrected chi connectivity index (χ2v) is 8.52. The molecule has 0 aliphatic carbocycles. The van der Waals surface area contributed by atoms with Crippen molar-refractivity contribution in [2.75, 3.05) is 23.7 Å². The largest absolute Gasteiger partial charge is 0.352 e. The molecule has 0 unspecified atom stereocenters. The summed E-state index contributed by atoms with van der Waals surface area (Å²) in [7, 11) is 0. The van der Waals surface area contributed by atoms with E-state index in [1.54, 1.807) is 18.2 Å². The maximum Gasteiger partial charge on any atom is 0.251 e. The zero-order valence-electron chi connectivity index (χ0n) is 20.2. The quantitative estimate of drug-likeness (QED) is 0.250. The first kappa shape index (κ1) is 26.6. The molecule has 0 bridgehead atoms. The predicted molar refractivity (Wildman–Crippen MR) is 143 cm³/mol. The third-order valence-corrected chi connectivity index (χ3v) is 5.63. The number of hydrogen-bond donors (Lipinski definition) is 5. The summed E-state index contributed by atoms with van der Waals surface area (Å²) in [6.07, 6.45) is 2.75. The zero-order valence-corrected chi connectivity index (χ0v) is 20.2. The highest BCUT2D eigenvalue weighted by atomic mass is 16.2. The van der Waals surface area contributed by atoms with E-state index >= 15 is 0 Å². The number of benzene rings is 3. The van der Waals surface area contributed by atoms with Crippen molar-refractivity contribution in [3.63, 3.8) is 0 Å². The molecule has 36 heavy (non-hydrogen) atoms. The molecule has 0 fully saturated rings. The molecule has 3 aromatic carbocycles. The van der Waals surface area contributed by atoms with Gasteiger partial charge in [0.15, 0.2) is 0 Å². The van der Waals surface area contributed by atoms with Gasteiger partial charge in [-0.1, -0.05) is 60.7 Å².